The van der Waals surface area contributed by atoms with Gasteiger partial charge in [-0.05, 0) is 19.1 Å². The van der Waals surface area contributed by atoms with Crippen LogP contribution in [-0.2, 0) is 29.6 Å². The molecule has 0 saturated carbocycles. The molecule has 20 heavy (non-hydrogen) atoms. The average Bonchev–Trinajstić information content (AvgIpc) is 2.26. The molecule has 0 radical (unpaired) electrons. The van der Waals surface area contributed by atoms with Gasteiger partial charge in [-0.1, -0.05) is 12.1 Å². The molecule has 0 aromatic heterocycles. The van der Waals surface area contributed by atoms with E-state index in [-0.39, 0.29) is 17.2 Å². The van der Waals surface area contributed by atoms with Gasteiger partial charge >= 0.3 is 5.97 Å². The Morgan fingerprint density at radius 1 is 1.25 bits per heavy atom. The highest BCUT2D eigenvalue weighted by Crippen LogP contribution is 2.20. The van der Waals surface area contributed by atoms with Crippen LogP contribution in [0.5, 0.6) is 0 Å². The van der Waals surface area contributed by atoms with Crippen LogP contribution in [0.25, 0.3) is 0 Å². The number of sulfonamides is 2. The van der Waals surface area contributed by atoms with Gasteiger partial charge in [-0.15, -0.1) is 0 Å². The van der Waals surface area contributed by atoms with Gasteiger partial charge in [-0.2, -0.15) is 0 Å². The summed E-state index contributed by atoms with van der Waals surface area (Å²) in [6.45, 7) is 1.58. The number of nitrogens with two attached hydrogens (primary N) is 1. The van der Waals surface area contributed by atoms with Gasteiger partial charge in [0.15, 0.2) is 5.75 Å². The Bertz CT molecular complexity index is 696. The molecule has 0 fully saturated rings. The standard InChI is InChI=1S/C10H14N2O6S2/c1-2-18-10(13)7-19(14,15)12-8-5-3-4-6-9(8)20(11,16)17/h3-6,12H,2,7H2,1H3,(H2,11,16,17). The molecule has 0 atom stereocenters. The Labute approximate surface area is 117 Å². The molecule has 0 heterocycles. The van der Waals surface area contributed by atoms with Gasteiger partial charge in [0.05, 0.1) is 12.3 Å². The highest BCUT2D eigenvalue weighted by molar-refractivity contribution is 7.93. The SMILES string of the molecule is CCOC(=O)CS(=O)(=O)Nc1ccccc1S(N)(=O)=O. The van der Waals surface area contributed by atoms with Crippen LogP contribution in [0.2, 0.25) is 0 Å². The number of carbonyl (C=O) groups is 1. The summed E-state index contributed by atoms with van der Waals surface area (Å²) in [5.74, 6) is -1.85. The summed E-state index contributed by atoms with van der Waals surface area (Å²) >= 11 is 0. The van der Waals surface area contributed by atoms with Crippen LogP contribution in [0.15, 0.2) is 29.2 Å². The lowest BCUT2D eigenvalue weighted by Crippen LogP contribution is -2.25. The van der Waals surface area contributed by atoms with Gasteiger partial charge in [-0.3, -0.25) is 9.52 Å². The van der Waals surface area contributed by atoms with Crippen LogP contribution in [0.3, 0.4) is 0 Å². The molecule has 0 unspecified atom stereocenters. The van der Waals surface area contributed by atoms with E-state index in [1.807, 2.05) is 4.72 Å². The van der Waals surface area contributed by atoms with Crippen molar-refractivity contribution in [1.29, 1.82) is 0 Å². The topological polar surface area (TPSA) is 133 Å². The summed E-state index contributed by atoms with van der Waals surface area (Å²) in [5.41, 5.74) is -0.223. The number of hydrogen-bond donors (Lipinski definition) is 2. The number of benzene rings is 1. The third kappa shape index (κ3) is 4.79. The fourth-order valence-corrected chi connectivity index (χ4v) is 3.10. The maximum atomic E-state index is 11.7. The number of ether oxygens (including phenoxy) is 1. The number of hydrogen-bond acceptors (Lipinski definition) is 6. The molecule has 0 amide bonds. The smallest absolute Gasteiger partial charge is 0.323 e. The number of carbonyl (C=O) groups excluding carboxylic acids is 1. The van der Waals surface area contributed by atoms with Gasteiger partial charge in [0, 0.05) is 0 Å². The van der Waals surface area contributed by atoms with E-state index >= 15 is 0 Å². The van der Waals surface area contributed by atoms with Gasteiger partial charge in [-0.25, -0.2) is 22.0 Å². The van der Waals surface area contributed by atoms with Gasteiger partial charge in [0.2, 0.25) is 20.0 Å². The van der Waals surface area contributed by atoms with Crippen molar-refractivity contribution in [3.63, 3.8) is 0 Å². The first-order valence-corrected chi connectivity index (χ1v) is 8.63. The third-order valence-corrected chi connectivity index (χ3v) is 4.19. The summed E-state index contributed by atoms with van der Waals surface area (Å²) in [6, 6.07) is 5.19. The molecule has 0 saturated heterocycles. The fraction of sp³-hybridized carbons (Fsp3) is 0.300. The van der Waals surface area contributed by atoms with Crippen molar-refractivity contribution in [3.05, 3.63) is 24.3 Å². The van der Waals surface area contributed by atoms with E-state index in [1.54, 1.807) is 0 Å². The van der Waals surface area contributed by atoms with E-state index in [2.05, 4.69) is 4.74 Å². The van der Waals surface area contributed by atoms with E-state index in [4.69, 9.17) is 5.14 Å². The van der Waals surface area contributed by atoms with Crippen molar-refractivity contribution < 1.29 is 26.4 Å². The van der Waals surface area contributed by atoms with E-state index in [1.165, 1.54) is 25.1 Å². The number of para-hydroxylation sites is 1. The second kappa shape index (κ2) is 6.20. The van der Waals surface area contributed by atoms with Crippen molar-refractivity contribution in [3.8, 4) is 0 Å². The van der Waals surface area contributed by atoms with Crippen LogP contribution in [-0.4, -0.2) is 35.2 Å². The molecule has 1 rings (SSSR count). The van der Waals surface area contributed by atoms with Crippen molar-refractivity contribution in [1.82, 2.24) is 0 Å². The predicted octanol–water partition coefficient (Wildman–Crippen LogP) is -0.361. The predicted molar refractivity (Wildman–Crippen MR) is 71.9 cm³/mol. The maximum absolute atomic E-state index is 11.7. The Balaban J connectivity index is 3.02. The minimum atomic E-state index is -4.09. The summed E-state index contributed by atoms with van der Waals surface area (Å²) in [5, 5.41) is 4.97. The average molecular weight is 322 g/mol. The maximum Gasteiger partial charge on any atom is 0.323 e. The zero-order chi connectivity index (χ0) is 15.4. The largest absolute Gasteiger partial charge is 0.465 e. The number of rotatable bonds is 6. The number of esters is 1. The third-order valence-electron chi connectivity index (χ3n) is 2.07. The molecule has 8 nitrogen and oxygen atoms in total. The molecule has 0 aliphatic rings. The summed E-state index contributed by atoms with van der Waals surface area (Å²) < 4.78 is 52.6. The Kier molecular flexibility index (Phi) is 5.09. The molecule has 0 aliphatic carbocycles. The zero-order valence-corrected chi connectivity index (χ0v) is 12.2. The summed E-state index contributed by atoms with van der Waals surface area (Å²) in [7, 11) is -8.17. The molecule has 1 aromatic rings. The first kappa shape index (κ1) is 16.4. The van der Waals surface area contributed by atoms with Crippen molar-refractivity contribution in [2.45, 2.75) is 11.8 Å². The van der Waals surface area contributed by atoms with E-state index in [0.29, 0.717) is 0 Å². The van der Waals surface area contributed by atoms with Gasteiger partial charge in [0.25, 0.3) is 0 Å². The number of primary sulfonamides is 1. The molecule has 1 aromatic carbocycles. The van der Waals surface area contributed by atoms with E-state index in [9.17, 15) is 21.6 Å². The van der Waals surface area contributed by atoms with E-state index in [0.717, 1.165) is 6.07 Å². The van der Waals surface area contributed by atoms with Crippen LogP contribution in [0.4, 0.5) is 5.69 Å². The van der Waals surface area contributed by atoms with Crippen LogP contribution >= 0.6 is 0 Å². The summed E-state index contributed by atoms with van der Waals surface area (Å²) in [6.07, 6.45) is 0. The van der Waals surface area contributed by atoms with Crippen LogP contribution in [0, 0.1) is 0 Å². The van der Waals surface area contributed by atoms with Crippen molar-refractivity contribution in [2.24, 2.45) is 5.14 Å². The van der Waals surface area contributed by atoms with Gasteiger partial charge < -0.3 is 4.74 Å². The lowest BCUT2D eigenvalue weighted by atomic mass is 10.3. The molecular formula is C10H14N2O6S2. The fourth-order valence-electron chi connectivity index (χ4n) is 1.36. The van der Waals surface area contributed by atoms with Gasteiger partial charge in [0.1, 0.15) is 4.90 Å². The molecule has 112 valence electrons. The normalized spacial score (nSPS) is 11.9. The Morgan fingerprint density at radius 3 is 2.40 bits per heavy atom. The van der Waals surface area contributed by atoms with E-state index < -0.39 is 31.8 Å². The second-order valence-corrected chi connectivity index (χ2v) is 6.96. The second-order valence-electron chi connectivity index (χ2n) is 3.71. The molecule has 0 spiro atoms. The zero-order valence-electron chi connectivity index (χ0n) is 10.6. The molecule has 0 bridgehead atoms. The highest BCUT2D eigenvalue weighted by Gasteiger charge is 2.21. The van der Waals surface area contributed by atoms with Crippen molar-refractivity contribution >= 4 is 31.7 Å². The number of nitrogens with one attached hydrogen (secondary N) is 1. The number of anilines is 1. The Morgan fingerprint density at radius 2 is 1.85 bits per heavy atom. The lowest BCUT2D eigenvalue weighted by Gasteiger charge is -2.10. The molecule has 10 heteroatoms. The monoisotopic (exact) mass is 322 g/mol. The first-order valence-electron chi connectivity index (χ1n) is 5.43. The quantitative estimate of drug-likeness (QED) is 0.687. The molecule has 0 aliphatic heterocycles. The van der Waals surface area contributed by atoms with Crippen molar-refractivity contribution in [2.75, 3.05) is 17.1 Å². The molecule has 3 N–H and O–H groups in total. The minimum absolute atomic E-state index is 0.0438. The minimum Gasteiger partial charge on any atom is -0.465 e. The first-order chi connectivity index (χ1) is 9.15. The molecular weight excluding hydrogens is 308 g/mol. The van der Waals surface area contributed by atoms with Crippen LogP contribution < -0.4 is 9.86 Å². The summed E-state index contributed by atoms with van der Waals surface area (Å²) in [4.78, 5) is 10.8. The lowest BCUT2D eigenvalue weighted by molar-refractivity contribution is -0.139. The highest BCUT2D eigenvalue weighted by atomic mass is 32.2. The van der Waals surface area contributed by atoms with Crippen LogP contribution in [0.1, 0.15) is 6.92 Å². The Hall–Kier alpha value is -1.65.